The van der Waals surface area contributed by atoms with E-state index in [2.05, 4.69) is 19.7 Å². The number of carbonyl (C=O) groups is 1. The molecule has 0 radical (unpaired) electrons. The Balaban J connectivity index is 1.26. The van der Waals surface area contributed by atoms with E-state index in [-0.39, 0.29) is 17.4 Å². The van der Waals surface area contributed by atoms with E-state index >= 15 is 0 Å². The summed E-state index contributed by atoms with van der Waals surface area (Å²) >= 11 is 0. The zero-order chi connectivity index (χ0) is 24.7. The van der Waals surface area contributed by atoms with Crippen LogP contribution in [0.1, 0.15) is 29.4 Å². The summed E-state index contributed by atoms with van der Waals surface area (Å²) in [5, 5.41) is 30.7. The van der Waals surface area contributed by atoms with Gasteiger partial charge in [-0.25, -0.2) is 14.7 Å². The molecule has 3 heterocycles. The molecule has 1 saturated carbocycles. The average Bonchev–Trinajstić information content (AvgIpc) is 3.46. The Labute approximate surface area is 198 Å². The maximum atomic E-state index is 12.3. The van der Waals surface area contributed by atoms with Gasteiger partial charge >= 0.3 is 10.2 Å². The van der Waals surface area contributed by atoms with Gasteiger partial charge < -0.3 is 24.8 Å². The number of aromatic nitrogens is 4. The summed E-state index contributed by atoms with van der Waals surface area (Å²) in [6.45, 7) is -0.463. The number of hydrogen-bond donors (Lipinski definition) is 5. The van der Waals surface area contributed by atoms with Gasteiger partial charge in [-0.2, -0.15) is 18.1 Å². The predicted molar refractivity (Wildman–Crippen MR) is 117 cm³/mol. The molecule has 2 fully saturated rings. The smallest absolute Gasteiger partial charge is 0.301 e. The molecule has 35 heavy (non-hydrogen) atoms. The molecule has 2 aromatic heterocycles. The van der Waals surface area contributed by atoms with Crippen LogP contribution in [0.5, 0.6) is 11.6 Å². The number of benzene rings is 1. The first-order valence-corrected chi connectivity index (χ1v) is 12.2. The van der Waals surface area contributed by atoms with Crippen LogP contribution in [0.4, 0.5) is 0 Å². The number of fused-ring (bicyclic) bond motifs is 1. The van der Waals surface area contributed by atoms with E-state index in [1.54, 1.807) is 4.72 Å². The molecular formula is C20H22N6O8S. The fourth-order valence-electron chi connectivity index (χ4n) is 3.64. The van der Waals surface area contributed by atoms with Crippen LogP contribution < -0.4 is 14.2 Å². The van der Waals surface area contributed by atoms with E-state index in [9.17, 15) is 28.5 Å². The number of hydrogen-bond acceptors (Lipinski definition) is 11. The van der Waals surface area contributed by atoms with Gasteiger partial charge in [0.25, 0.3) is 5.91 Å². The molecule has 1 aromatic carbocycles. The molecule has 1 unspecified atom stereocenters. The van der Waals surface area contributed by atoms with E-state index in [0.29, 0.717) is 17.0 Å². The number of amides is 1. The minimum Gasteiger partial charge on any atom is -0.507 e. The van der Waals surface area contributed by atoms with Gasteiger partial charge in [-0.1, -0.05) is 12.1 Å². The minimum atomic E-state index is -4.38. The summed E-state index contributed by atoms with van der Waals surface area (Å²) in [7, 11) is -4.38. The van der Waals surface area contributed by atoms with E-state index in [1.807, 2.05) is 0 Å². The third kappa shape index (κ3) is 4.76. The molecular weight excluding hydrogens is 484 g/mol. The van der Waals surface area contributed by atoms with Crippen molar-refractivity contribution >= 4 is 27.3 Å². The van der Waals surface area contributed by atoms with Crippen molar-refractivity contribution in [3.63, 3.8) is 0 Å². The molecule has 15 heteroatoms. The Morgan fingerprint density at radius 3 is 2.69 bits per heavy atom. The van der Waals surface area contributed by atoms with Crippen LogP contribution >= 0.6 is 0 Å². The van der Waals surface area contributed by atoms with Crippen molar-refractivity contribution in [2.75, 3.05) is 6.54 Å². The summed E-state index contributed by atoms with van der Waals surface area (Å²) in [6.07, 6.45) is -0.595. The summed E-state index contributed by atoms with van der Waals surface area (Å²) in [6, 6.07) is 5.44. The number of rotatable bonds is 8. The minimum absolute atomic E-state index is 0.0807. The van der Waals surface area contributed by atoms with Gasteiger partial charge in [0.2, 0.25) is 5.88 Å². The number of imidazole rings is 1. The molecule has 3 aromatic rings. The third-order valence-corrected chi connectivity index (χ3v) is 6.59. The standard InChI is InChI=1S/C20H22N6O8S/c27-12-4-2-1-3-11(12)18(30)25-35(31,32)24-7-13-15(28)16(29)20(34-13)26-9-23-14-17(26)21-8-22-19(14)33-10-5-6-10/h1-4,8-10,13,15-16,20,24,27-29H,5-7H2,(H,25,30)/t13?,15-,16-,20-/m1/s1. The van der Waals surface area contributed by atoms with Crippen molar-refractivity contribution in [2.24, 2.45) is 0 Å². The second-order valence-corrected chi connectivity index (χ2v) is 9.67. The quantitative estimate of drug-likeness (QED) is 0.250. The zero-order valence-electron chi connectivity index (χ0n) is 18.1. The highest BCUT2D eigenvalue weighted by Crippen LogP contribution is 2.34. The molecule has 14 nitrogen and oxygen atoms in total. The van der Waals surface area contributed by atoms with Crippen molar-refractivity contribution in [1.82, 2.24) is 29.0 Å². The SMILES string of the molecule is O=C(NS(=O)(=O)NCC1O[C@@H](n2cnc3c(OC4CC4)ncnc32)[C@H](O)[C@@H]1O)c1ccccc1O. The maximum absolute atomic E-state index is 12.3. The van der Waals surface area contributed by atoms with Crippen molar-refractivity contribution in [2.45, 2.75) is 43.5 Å². The molecule has 5 rings (SSSR count). The Hall–Kier alpha value is -3.37. The summed E-state index contributed by atoms with van der Waals surface area (Å²) in [5.74, 6) is -1.13. The van der Waals surface area contributed by atoms with Crippen LogP contribution in [0, 0.1) is 0 Å². The van der Waals surface area contributed by atoms with Crippen molar-refractivity contribution in [3.05, 3.63) is 42.5 Å². The number of nitrogens with zero attached hydrogens (tertiary/aromatic N) is 4. The van der Waals surface area contributed by atoms with Crippen LogP contribution in [0.2, 0.25) is 0 Å². The fraction of sp³-hybridized carbons (Fsp3) is 0.400. The first-order chi connectivity index (χ1) is 16.7. The molecule has 0 bridgehead atoms. The number of carbonyl (C=O) groups excluding carboxylic acids is 1. The van der Waals surface area contributed by atoms with Crippen LogP contribution in [-0.4, -0.2) is 80.1 Å². The lowest BCUT2D eigenvalue weighted by molar-refractivity contribution is -0.0330. The largest absolute Gasteiger partial charge is 0.507 e. The lowest BCUT2D eigenvalue weighted by Crippen LogP contribution is -2.45. The molecule has 1 saturated heterocycles. The molecule has 186 valence electrons. The highest BCUT2D eigenvalue weighted by Gasteiger charge is 2.44. The highest BCUT2D eigenvalue weighted by molar-refractivity contribution is 7.88. The predicted octanol–water partition coefficient (Wildman–Crippen LogP) is -1.04. The first kappa shape index (κ1) is 23.4. The van der Waals surface area contributed by atoms with Gasteiger partial charge in [-0.15, -0.1) is 0 Å². The molecule has 5 N–H and O–H groups in total. The molecule has 4 atom stereocenters. The van der Waals surface area contributed by atoms with E-state index in [0.717, 1.165) is 12.8 Å². The number of aliphatic hydroxyl groups excluding tert-OH is 2. The van der Waals surface area contributed by atoms with Crippen molar-refractivity contribution in [3.8, 4) is 11.6 Å². The summed E-state index contributed by atoms with van der Waals surface area (Å²) < 4.78 is 41.3. The average molecular weight is 506 g/mol. The number of phenols is 1. The van der Waals surface area contributed by atoms with E-state index in [4.69, 9.17) is 9.47 Å². The monoisotopic (exact) mass is 506 g/mol. The molecule has 1 aliphatic carbocycles. The Morgan fingerprint density at radius 2 is 1.94 bits per heavy atom. The number of aliphatic hydroxyl groups is 2. The lowest BCUT2D eigenvalue weighted by Gasteiger charge is -2.16. The molecule has 2 aliphatic rings. The number of nitrogens with one attached hydrogen (secondary N) is 2. The molecule has 0 spiro atoms. The molecule has 1 aliphatic heterocycles. The van der Waals surface area contributed by atoms with Gasteiger partial charge in [0.15, 0.2) is 17.4 Å². The van der Waals surface area contributed by atoms with Gasteiger partial charge in [0.05, 0.1) is 11.9 Å². The Morgan fingerprint density at radius 1 is 1.17 bits per heavy atom. The Bertz CT molecular complexity index is 1360. The number of para-hydroxylation sites is 1. The van der Waals surface area contributed by atoms with Crippen LogP contribution in [0.15, 0.2) is 36.9 Å². The van der Waals surface area contributed by atoms with Gasteiger partial charge in [0, 0.05) is 6.54 Å². The number of ether oxygens (including phenoxy) is 2. The zero-order valence-corrected chi connectivity index (χ0v) is 18.9. The van der Waals surface area contributed by atoms with Crippen LogP contribution in [-0.2, 0) is 14.9 Å². The lowest BCUT2D eigenvalue weighted by atomic mass is 10.1. The van der Waals surface area contributed by atoms with Crippen LogP contribution in [0.3, 0.4) is 0 Å². The summed E-state index contributed by atoms with van der Waals surface area (Å²) in [5.41, 5.74) is 0.438. The van der Waals surface area contributed by atoms with Gasteiger partial charge in [-0.3, -0.25) is 9.36 Å². The summed E-state index contributed by atoms with van der Waals surface area (Å²) in [4.78, 5) is 24.7. The van der Waals surface area contributed by atoms with Crippen molar-refractivity contribution in [1.29, 1.82) is 0 Å². The van der Waals surface area contributed by atoms with E-state index in [1.165, 1.54) is 41.5 Å². The third-order valence-electron chi connectivity index (χ3n) is 5.59. The van der Waals surface area contributed by atoms with Crippen molar-refractivity contribution < 1.29 is 38.0 Å². The fourth-order valence-corrected chi connectivity index (χ4v) is 4.45. The number of phenolic OH excluding ortho intramolecular Hbond substituents is 1. The normalized spacial score (nSPS) is 24.5. The van der Waals surface area contributed by atoms with Crippen LogP contribution in [0.25, 0.3) is 11.2 Å². The number of aromatic hydroxyl groups is 1. The second kappa shape index (κ2) is 9.01. The molecule has 1 amide bonds. The Kier molecular flexibility index (Phi) is 6.02. The topological polar surface area (TPSA) is 198 Å². The van der Waals surface area contributed by atoms with Gasteiger partial charge in [-0.05, 0) is 25.0 Å². The second-order valence-electron chi connectivity index (χ2n) is 8.17. The highest BCUT2D eigenvalue weighted by atomic mass is 32.2. The first-order valence-electron chi connectivity index (χ1n) is 10.7. The van der Waals surface area contributed by atoms with Gasteiger partial charge in [0.1, 0.15) is 36.5 Å². The maximum Gasteiger partial charge on any atom is 0.301 e. The van der Waals surface area contributed by atoms with E-state index < -0.39 is 47.2 Å².